The van der Waals surface area contributed by atoms with E-state index in [-0.39, 0.29) is 0 Å². The molecule has 4 rings (SSSR count). The Hall–Kier alpha value is -2.44. The van der Waals surface area contributed by atoms with E-state index in [9.17, 15) is 4.79 Å². The van der Waals surface area contributed by atoms with Crippen LogP contribution in [0.1, 0.15) is 70.9 Å². The van der Waals surface area contributed by atoms with Crippen molar-refractivity contribution in [2.45, 2.75) is 77.7 Å². The van der Waals surface area contributed by atoms with E-state index in [0.29, 0.717) is 24.4 Å². The number of carbonyl (C=O) groups is 1. The highest BCUT2D eigenvalue weighted by atomic mass is 16.5. The number of likely N-dealkylation sites (tertiary alicyclic amines) is 1. The first-order chi connectivity index (χ1) is 18.9. The summed E-state index contributed by atoms with van der Waals surface area (Å²) in [7, 11) is 6.25. The molecular weight excluding hydrogens is 484 g/mol. The number of amides is 1. The van der Waals surface area contributed by atoms with Crippen LogP contribution < -0.4 is 4.90 Å². The molecule has 3 heterocycles. The van der Waals surface area contributed by atoms with Crippen LogP contribution in [0.25, 0.3) is 0 Å². The number of fused-ring (bicyclic) bond motifs is 1. The number of hydrogen-bond donors (Lipinski definition) is 1. The third-order valence-electron chi connectivity index (χ3n) is 7.74. The molecule has 2 saturated heterocycles. The number of nitrogens with one attached hydrogen (secondary N) is 1. The van der Waals surface area contributed by atoms with E-state index in [0.717, 1.165) is 95.5 Å². The molecule has 2 atom stereocenters. The Labute approximate surface area is 237 Å². The number of ether oxygens (including phenoxy) is 1. The van der Waals surface area contributed by atoms with Crippen molar-refractivity contribution in [3.05, 3.63) is 65.2 Å². The zero-order valence-corrected chi connectivity index (χ0v) is 25.3. The Balaban J connectivity index is 0.000000983. The lowest BCUT2D eigenvalue weighted by Gasteiger charge is -2.28. The minimum absolute atomic E-state index is 0.303. The third kappa shape index (κ3) is 10.2. The van der Waals surface area contributed by atoms with Crippen LogP contribution in [0.4, 0.5) is 0 Å². The molecule has 0 spiro atoms. The highest BCUT2D eigenvalue weighted by Gasteiger charge is 2.35. The number of nitrogens with zero attached hydrogens (tertiary/aromatic N) is 3. The summed E-state index contributed by atoms with van der Waals surface area (Å²) in [4.78, 5) is 24.0. The standard InChI is InChI=1S/C30H43N3O2.C3H9N/c1-3-5-18-32(19-6-4-2)30(34)23-33-22-26(21-28(33)14-13-27-9-7-8-17-31-27)24-10-11-25-16-20-35-29(25)15-12-24;1-4(2)3/h7-9,11-12,15,17,26,28H,3-6,10,13-14,16,18-23H2,1-2H3;1-3H3/p+1. The quantitative estimate of drug-likeness (QED) is 0.428. The lowest BCUT2D eigenvalue weighted by Crippen LogP contribution is -3.02. The number of unbranched alkanes of at least 4 members (excludes halogenated alkanes) is 2. The molecule has 2 fully saturated rings. The van der Waals surface area contributed by atoms with Gasteiger partial charge in [0, 0.05) is 44.0 Å². The van der Waals surface area contributed by atoms with Crippen molar-refractivity contribution >= 4 is 5.91 Å². The first kappa shape index (κ1) is 31.1. The van der Waals surface area contributed by atoms with Gasteiger partial charge in [0.1, 0.15) is 5.76 Å². The van der Waals surface area contributed by atoms with Crippen LogP contribution in [0.15, 0.2) is 59.5 Å². The minimum Gasteiger partial charge on any atom is -0.493 e. The maximum atomic E-state index is 13.4. The molecule has 3 aliphatic rings. The molecule has 1 amide bonds. The van der Waals surface area contributed by atoms with Crippen LogP contribution in [0, 0.1) is 5.92 Å². The van der Waals surface area contributed by atoms with Gasteiger partial charge >= 0.3 is 0 Å². The summed E-state index contributed by atoms with van der Waals surface area (Å²) in [5.74, 6) is 1.85. The largest absolute Gasteiger partial charge is 0.493 e. The lowest BCUT2D eigenvalue weighted by atomic mass is 9.92. The van der Waals surface area contributed by atoms with Crippen molar-refractivity contribution in [1.82, 2.24) is 14.8 Å². The number of quaternary nitrogens is 1. The Morgan fingerprint density at radius 2 is 1.87 bits per heavy atom. The minimum atomic E-state index is 0.303. The van der Waals surface area contributed by atoms with Gasteiger partial charge in [-0.25, -0.2) is 0 Å². The zero-order valence-electron chi connectivity index (χ0n) is 25.3. The molecule has 2 aliphatic heterocycles. The van der Waals surface area contributed by atoms with Crippen molar-refractivity contribution in [1.29, 1.82) is 0 Å². The Morgan fingerprint density at radius 1 is 1.13 bits per heavy atom. The van der Waals surface area contributed by atoms with Gasteiger partial charge in [0.2, 0.25) is 5.91 Å². The van der Waals surface area contributed by atoms with Crippen molar-refractivity contribution in [3.8, 4) is 0 Å². The van der Waals surface area contributed by atoms with Crippen molar-refractivity contribution in [2.24, 2.45) is 5.92 Å². The van der Waals surface area contributed by atoms with Crippen molar-refractivity contribution in [2.75, 3.05) is 53.9 Å². The van der Waals surface area contributed by atoms with E-state index >= 15 is 0 Å². The molecule has 6 nitrogen and oxygen atoms in total. The van der Waals surface area contributed by atoms with Gasteiger partial charge in [-0.1, -0.05) is 50.5 Å². The predicted octanol–water partition coefficient (Wildman–Crippen LogP) is 4.45. The molecule has 39 heavy (non-hydrogen) atoms. The number of aromatic nitrogens is 1. The van der Waals surface area contributed by atoms with Gasteiger partial charge < -0.3 is 14.5 Å². The van der Waals surface area contributed by atoms with E-state index in [4.69, 9.17) is 4.74 Å². The molecule has 1 aliphatic carbocycles. The van der Waals surface area contributed by atoms with E-state index in [1.54, 1.807) is 0 Å². The number of rotatable bonds is 12. The number of carbonyl (C=O) groups excluding carboxylic acids is 1. The van der Waals surface area contributed by atoms with E-state index in [1.807, 2.05) is 12.3 Å². The fourth-order valence-electron chi connectivity index (χ4n) is 5.58. The molecule has 6 heteroatoms. The normalized spacial score (nSPS) is 20.7. The second kappa shape index (κ2) is 16.6. The molecule has 216 valence electrons. The number of hydrogen-bond acceptors (Lipinski definition) is 4. The Bertz CT molecular complexity index is 958. The summed E-state index contributed by atoms with van der Waals surface area (Å²) in [6.45, 7) is 8.48. The number of aryl methyl sites for hydroxylation is 1. The molecule has 0 radical (unpaired) electrons. The highest BCUT2D eigenvalue weighted by molar-refractivity contribution is 5.78. The van der Waals surface area contributed by atoms with Gasteiger partial charge in [-0.15, -0.1) is 0 Å². The molecule has 0 aromatic carbocycles. The topological polar surface area (TPSA) is 50.1 Å². The molecule has 1 aromatic rings. The first-order valence-corrected chi connectivity index (χ1v) is 15.3. The van der Waals surface area contributed by atoms with Crippen LogP contribution in [0.2, 0.25) is 0 Å². The van der Waals surface area contributed by atoms with Gasteiger partial charge in [0.05, 0.1) is 34.3 Å². The van der Waals surface area contributed by atoms with Gasteiger partial charge in [-0.05, 0) is 68.2 Å². The molecule has 2 unspecified atom stereocenters. The molecule has 0 saturated carbocycles. The molecular formula is C33H53N4O2+. The van der Waals surface area contributed by atoms with Crippen LogP contribution in [0.5, 0.6) is 0 Å². The fraction of sp³-hybridized carbons (Fsp3) is 0.636. The highest BCUT2D eigenvalue weighted by Crippen LogP contribution is 2.36. The second-order valence-electron chi connectivity index (χ2n) is 11.8. The van der Waals surface area contributed by atoms with E-state index in [2.05, 4.69) is 80.1 Å². The summed E-state index contributed by atoms with van der Waals surface area (Å²) in [5.41, 5.74) is 3.98. The second-order valence-corrected chi connectivity index (χ2v) is 11.8. The summed E-state index contributed by atoms with van der Waals surface area (Å²) in [6.07, 6.45) is 18.3. The van der Waals surface area contributed by atoms with Crippen LogP contribution >= 0.6 is 0 Å². The maximum Gasteiger partial charge on any atom is 0.236 e. The predicted molar refractivity (Wildman–Crippen MR) is 161 cm³/mol. The molecule has 1 N–H and O–H groups in total. The van der Waals surface area contributed by atoms with Crippen LogP contribution in [-0.2, 0) is 16.0 Å². The Kier molecular flexibility index (Phi) is 13.2. The third-order valence-corrected chi connectivity index (χ3v) is 7.74. The number of pyridine rings is 1. The average Bonchev–Trinajstić information content (AvgIpc) is 3.49. The van der Waals surface area contributed by atoms with Crippen LogP contribution in [-0.4, -0.2) is 80.7 Å². The summed E-state index contributed by atoms with van der Waals surface area (Å²) in [5, 5.41) is 0. The van der Waals surface area contributed by atoms with Crippen molar-refractivity contribution in [3.63, 3.8) is 0 Å². The summed E-state index contributed by atoms with van der Waals surface area (Å²) >= 11 is 0. The Morgan fingerprint density at radius 3 is 2.54 bits per heavy atom. The molecule has 1 aromatic heterocycles. The summed E-state index contributed by atoms with van der Waals surface area (Å²) in [6, 6.07) is 6.56. The molecule has 0 bridgehead atoms. The van der Waals surface area contributed by atoms with E-state index < -0.39 is 0 Å². The van der Waals surface area contributed by atoms with Crippen LogP contribution in [0.3, 0.4) is 0 Å². The monoisotopic (exact) mass is 537 g/mol. The average molecular weight is 538 g/mol. The van der Waals surface area contributed by atoms with Gasteiger partial charge in [-0.3, -0.25) is 14.7 Å². The van der Waals surface area contributed by atoms with Gasteiger partial charge in [-0.2, -0.15) is 0 Å². The lowest BCUT2D eigenvalue weighted by molar-refractivity contribution is -0.836. The fourth-order valence-corrected chi connectivity index (χ4v) is 5.58. The summed E-state index contributed by atoms with van der Waals surface area (Å²) < 4.78 is 5.80. The smallest absolute Gasteiger partial charge is 0.236 e. The van der Waals surface area contributed by atoms with Crippen molar-refractivity contribution < 1.29 is 14.4 Å². The maximum absolute atomic E-state index is 13.4. The number of allylic oxidation sites excluding steroid dienone is 4. The zero-order chi connectivity index (χ0) is 28.0. The van der Waals surface area contributed by atoms with E-state index in [1.165, 1.54) is 16.0 Å². The van der Waals surface area contributed by atoms with Gasteiger partial charge in [0.15, 0.2) is 0 Å². The first-order valence-electron chi connectivity index (χ1n) is 15.3. The van der Waals surface area contributed by atoms with Gasteiger partial charge in [0.25, 0.3) is 0 Å². The SMILES string of the molecule is CCCCN(CCCC)C(=O)CN1CC(C2=CC=C3OCCC3=CC2)CC1CCc1ccccn1.C[NH+](C)C.